The fraction of sp³-hybridized carbons (Fsp3) is 0.0870. The summed E-state index contributed by atoms with van der Waals surface area (Å²) >= 11 is 8.90. The second kappa shape index (κ2) is 10.7. The number of rotatable bonds is 8. The lowest BCUT2D eigenvalue weighted by Gasteiger charge is -2.11. The van der Waals surface area contributed by atoms with Crippen LogP contribution in [0.5, 0.6) is 5.75 Å². The number of hydrogen-bond acceptors (Lipinski definition) is 3. The molecule has 0 saturated heterocycles. The molecule has 0 fully saturated rings. The maximum Gasteiger partial charge on any atom is 0.341 e. The van der Waals surface area contributed by atoms with E-state index < -0.39 is 5.97 Å². The highest BCUT2D eigenvalue weighted by Gasteiger charge is 2.09. The summed E-state index contributed by atoms with van der Waals surface area (Å²) in [7, 11) is 0. The maximum absolute atomic E-state index is 10.6. The third-order valence-corrected chi connectivity index (χ3v) is 6.65. The molecule has 0 atom stereocenters. The number of benzene rings is 3. The predicted octanol–water partition coefficient (Wildman–Crippen LogP) is 6.90. The standard InChI is InChI=1S/C23H18Br2O3S/c24-20-9-5-4-8-19(20)18(16-6-2-1-3-7-16)12-13-29-22-11-10-17(14-21(22)25)28-15-23(26)27/h1-12,14H,13,15H2,(H,26,27). The molecule has 0 spiro atoms. The summed E-state index contributed by atoms with van der Waals surface area (Å²) in [6.07, 6.45) is 2.22. The van der Waals surface area contributed by atoms with Gasteiger partial charge in [0.15, 0.2) is 6.61 Å². The Labute approximate surface area is 191 Å². The molecule has 3 aromatic rings. The smallest absolute Gasteiger partial charge is 0.341 e. The van der Waals surface area contributed by atoms with Gasteiger partial charge < -0.3 is 9.84 Å². The largest absolute Gasteiger partial charge is 0.482 e. The first kappa shape index (κ1) is 21.7. The summed E-state index contributed by atoms with van der Waals surface area (Å²) in [6.45, 7) is -0.353. The molecule has 0 aliphatic carbocycles. The van der Waals surface area contributed by atoms with Gasteiger partial charge in [-0.25, -0.2) is 4.79 Å². The minimum Gasteiger partial charge on any atom is -0.482 e. The van der Waals surface area contributed by atoms with Crippen molar-refractivity contribution in [1.29, 1.82) is 0 Å². The van der Waals surface area contributed by atoms with Crippen LogP contribution in [0.2, 0.25) is 0 Å². The SMILES string of the molecule is O=C(O)COc1ccc(SCC=C(c2ccccc2)c2ccccc2Br)c(Br)c1. The molecule has 0 amide bonds. The lowest BCUT2D eigenvalue weighted by molar-refractivity contribution is -0.139. The fourth-order valence-electron chi connectivity index (χ4n) is 2.73. The second-order valence-electron chi connectivity index (χ2n) is 6.05. The third-order valence-electron chi connectivity index (χ3n) is 4.04. The van der Waals surface area contributed by atoms with Crippen molar-refractivity contribution in [2.45, 2.75) is 4.90 Å². The summed E-state index contributed by atoms with van der Waals surface area (Å²) in [5.74, 6) is 0.307. The minimum atomic E-state index is -0.995. The van der Waals surface area contributed by atoms with E-state index in [-0.39, 0.29) is 6.61 Å². The molecule has 3 rings (SSSR count). The lowest BCUT2D eigenvalue weighted by atomic mass is 9.98. The molecule has 0 aliphatic rings. The fourth-order valence-corrected chi connectivity index (χ4v) is 4.72. The molecular weight excluding hydrogens is 516 g/mol. The first-order chi connectivity index (χ1) is 14.0. The molecule has 3 nitrogen and oxygen atoms in total. The monoisotopic (exact) mass is 532 g/mol. The van der Waals surface area contributed by atoms with E-state index in [9.17, 15) is 4.79 Å². The molecule has 29 heavy (non-hydrogen) atoms. The van der Waals surface area contributed by atoms with Crippen molar-refractivity contribution < 1.29 is 14.6 Å². The van der Waals surface area contributed by atoms with Crippen molar-refractivity contribution in [3.05, 3.63) is 98.9 Å². The number of hydrogen-bond donors (Lipinski definition) is 1. The highest BCUT2D eigenvalue weighted by atomic mass is 79.9. The molecule has 0 aliphatic heterocycles. The number of ether oxygens (including phenoxy) is 1. The third kappa shape index (κ3) is 6.23. The van der Waals surface area contributed by atoms with Crippen LogP contribution in [0.4, 0.5) is 0 Å². The molecule has 0 unspecified atom stereocenters. The van der Waals surface area contributed by atoms with Crippen LogP contribution in [-0.2, 0) is 4.79 Å². The van der Waals surface area contributed by atoms with Gasteiger partial charge >= 0.3 is 5.97 Å². The van der Waals surface area contributed by atoms with E-state index in [2.05, 4.69) is 56.1 Å². The van der Waals surface area contributed by atoms with Crippen LogP contribution >= 0.6 is 43.6 Å². The number of aliphatic carboxylic acids is 1. The molecule has 1 N–H and O–H groups in total. The van der Waals surface area contributed by atoms with Crippen molar-refractivity contribution in [2.24, 2.45) is 0 Å². The van der Waals surface area contributed by atoms with Crippen LogP contribution in [0.15, 0.2) is 92.7 Å². The van der Waals surface area contributed by atoms with Crippen LogP contribution in [0.25, 0.3) is 5.57 Å². The molecule has 0 aromatic heterocycles. The van der Waals surface area contributed by atoms with Crippen molar-refractivity contribution in [3.8, 4) is 5.75 Å². The minimum absolute atomic E-state index is 0.353. The van der Waals surface area contributed by atoms with Crippen LogP contribution in [0.3, 0.4) is 0 Å². The Balaban J connectivity index is 1.78. The van der Waals surface area contributed by atoms with E-state index in [1.54, 1.807) is 23.9 Å². The molecule has 0 bridgehead atoms. The Kier molecular flexibility index (Phi) is 7.98. The van der Waals surface area contributed by atoms with E-state index >= 15 is 0 Å². The molecule has 0 radical (unpaired) electrons. The van der Waals surface area contributed by atoms with E-state index in [0.29, 0.717) is 5.75 Å². The molecular formula is C23H18Br2O3S. The van der Waals surface area contributed by atoms with Crippen molar-refractivity contribution in [1.82, 2.24) is 0 Å². The van der Waals surface area contributed by atoms with Gasteiger partial charge in [-0.3, -0.25) is 0 Å². The lowest BCUT2D eigenvalue weighted by Crippen LogP contribution is -2.09. The van der Waals surface area contributed by atoms with Crippen molar-refractivity contribution in [3.63, 3.8) is 0 Å². The Hall–Kier alpha value is -2.02. The second-order valence-corrected chi connectivity index (χ2v) is 8.82. The van der Waals surface area contributed by atoms with E-state index in [4.69, 9.17) is 9.84 Å². The average Bonchev–Trinajstić information content (AvgIpc) is 2.72. The van der Waals surface area contributed by atoms with Gasteiger partial charge in [-0.05, 0) is 56.9 Å². The number of carboxylic acids is 1. The van der Waals surface area contributed by atoms with Crippen LogP contribution in [0, 0.1) is 0 Å². The van der Waals surface area contributed by atoms with Crippen LogP contribution in [0.1, 0.15) is 11.1 Å². The molecule has 6 heteroatoms. The van der Waals surface area contributed by atoms with Crippen molar-refractivity contribution >= 4 is 55.2 Å². The van der Waals surface area contributed by atoms with Crippen molar-refractivity contribution in [2.75, 3.05) is 12.4 Å². The highest BCUT2D eigenvalue weighted by Crippen LogP contribution is 2.34. The number of carboxylic acid groups (broad SMARTS) is 1. The zero-order valence-corrected chi connectivity index (χ0v) is 19.3. The number of thioether (sulfide) groups is 1. The van der Waals surface area contributed by atoms with Gasteiger partial charge in [0.1, 0.15) is 5.75 Å². The van der Waals surface area contributed by atoms with Crippen LogP contribution in [-0.4, -0.2) is 23.4 Å². The van der Waals surface area contributed by atoms with E-state index in [1.807, 2.05) is 42.5 Å². The topological polar surface area (TPSA) is 46.5 Å². The Morgan fingerprint density at radius 1 is 0.966 bits per heavy atom. The van der Waals surface area contributed by atoms with Gasteiger partial charge in [0.2, 0.25) is 0 Å². The summed E-state index contributed by atoms with van der Waals surface area (Å²) in [5.41, 5.74) is 3.48. The molecule has 148 valence electrons. The Morgan fingerprint density at radius 3 is 2.38 bits per heavy atom. The van der Waals surface area contributed by atoms with E-state index in [0.717, 1.165) is 30.7 Å². The summed E-state index contributed by atoms with van der Waals surface area (Å²) < 4.78 is 7.15. The predicted molar refractivity (Wildman–Crippen MR) is 126 cm³/mol. The first-order valence-electron chi connectivity index (χ1n) is 8.82. The zero-order chi connectivity index (χ0) is 20.6. The summed E-state index contributed by atoms with van der Waals surface area (Å²) in [5, 5.41) is 8.72. The summed E-state index contributed by atoms with van der Waals surface area (Å²) in [6, 6.07) is 24.0. The molecule has 0 saturated carbocycles. The number of halogens is 2. The highest BCUT2D eigenvalue weighted by molar-refractivity contribution is 9.10. The molecule has 0 heterocycles. The average molecular weight is 534 g/mol. The van der Waals surface area contributed by atoms with Gasteiger partial charge in [0, 0.05) is 19.6 Å². The Bertz CT molecular complexity index is 1020. The van der Waals surface area contributed by atoms with Gasteiger partial charge in [-0.1, -0.05) is 70.5 Å². The number of carbonyl (C=O) groups is 1. The normalized spacial score (nSPS) is 11.3. The van der Waals surface area contributed by atoms with Gasteiger partial charge in [-0.2, -0.15) is 0 Å². The Morgan fingerprint density at radius 2 is 1.69 bits per heavy atom. The van der Waals surface area contributed by atoms with Gasteiger partial charge in [0.05, 0.1) is 0 Å². The van der Waals surface area contributed by atoms with Gasteiger partial charge in [-0.15, -0.1) is 11.8 Å². The maximum atomic E-state index is 10.6. The van der Waals surface area contributed by atoms with Crippen LogP contribution < -0.4 is 4.74 Å². The quantitative estimate of drug-likeness (QED) is 0.320. The van der Waals surface area contributed by atoms with E-state index in [1.165, 1.54) is 5.57 Å². The zero-order valence-electron chi connectivity index (χ0n) is 15.3. The van der Waals surface area contributed by atoms with Gasteiger partial charge in [0.25, 0.3) is 0 Å². The molecule has 3 aromatic carbocycles. The first-order valence-corrected chi connectivity index (χ1v) is 11.4. The summed E-state index contributed by atoms with van der Waals surface area (Å²) in [4.78, 5) is 11.7.